The average molecular weight is 371 g/mol. The van der Waals surface area contributed by atoms with E-state index in [1.54, 1.807) is 0 Å². The van der Waals surface area contributed by atoms with Crippen molar-refractivity contribution in [2.45, 2.75) is 44.7 Å². The minimum Gasteiger partial charge on any atom is -0.363 e. The molecule has 0 unspecified atom stereocenters. The van der Waals surface area contributed by atoms with E-state index in [-0.39, 0.29) is 17.8 Å². The van der Waals surface area contributed by atoms with E-state index in [2.05, 4.69) is 20.6 Å². The number of amides is 1. The van der Waals surface area contributed by atoms with E-state index in [0.717, 1.165) is 37.2 Å². The fourth-order valence-corrected chi connectivity index (χ4v) is 3.28. The Labute approximate surface area is 159 Å². The molecule has 6 nitrogen and oxygen atoms in total. The molecule has 0 saturated heterocycles. The third-order valence-electron chi connectivity index (χ3n) is 4.80. The Balaban J connectivity index is 1.52. The largest absolute Gasteiger partial charge is 0.363 e. The molecule has 1 aliphatic rings. The molecule has 0 spiro atoms. The Morgan fingerprint density at radius 2 is 1.70 bits per heavy atom. The van der Waals surface area contributed by atoms with E-state index >= 15 is 0 Å². The third-order valence-corrected chi connectivity index (χ3v) is 4.80. The summed E-state index contributed by atoms with van der Waals surface area (Å²) in [6, 6.07) is 8.01. The first kappa shape index (κ1) is 19.1. The molecule has 1 amide bonds. The van der Waals surface area contributed by atoms with Crippen LogP contribution < -0.4 is 15.5 Å². The zero-order chi connectivity index (χ0) is 19.4. The highest BCUT2D eigenvalue weighted by Crippen LogP contribution is 2.22. The Hall–Kier alpha value is -2.70. The molecule has 2 aromatic rings. The van der Waals surface area contributed by atoms with Crippen LogP contribution in [0.5, 0.6) is 0 Å². The van der Waals surface area contributed by atoms with Gasteiger partial charge in [-0.2, -0.15) is 4.98 Å². The number of carbonyl (C=O) groups is 1. The lowest BCUT2D eigenvalue weighted by Crippen LogP contribution is -2.40. The number of aromatic nitrogens is 2. The van der Waals surface area contributed by atoms with Gasteiger partial charge in [-0.15, -0.1) is 0 Å². The molecule has 1 saturated carbocycles. The van der Waals surface area contributed by atoms with Crippen LogP contribution in [0.4, 0.5) is 16.2 Å². The van der Waals surface area contributed by atoms with Crippen LogP contribution in [0.1, 0.15) is 41.7 Å². The molecule has 0 aliphatic heterocycles. The van der Waals surface area contributed by atoms with E-state index in [1.165, 1.54) is 24.3 Å². The van der Waals surface area contributed by atoms with Gasteiger partial charge in [0.2, 0.25) is 5.95 Å². The van der Waals surface area contributed by atoms with Gasteiger partial charge in [0.1, 0.15) is 11.6 Å². The summed E-state index contributed by atoms with van der Waals surface area (Å²) in [5, 5.41) is 6.47. The van der Waals surface area contributed by atoms with E-state index in [4.69, 9.17) is 0 Å². The Kier molecular flexibility index (Phi) is 5.88. The zero-order valence-corrected chi connectivity index (χ0v) is 16.0. The number of hydrogen-bond acceptors (Lipinski definition) is 5. The molecule has 1 aromatic carbocycles. The van der Waals surface area contributed by atoms with Crippen LogP contribution in [0.2, 0.25) is 0 Å². The number of nitrogens with zero attached hydrogens (tertiary/aromatic N) is 3. The van der Waals surface area contributed by atoms with Gasteiger partial charge >= 0.3 is 0 Å². The van der Waals surface area contributed by atoms with Gasteiger partial charge in [-0.3, -0.25) is 4.79 Å². The lowest BCUT2D eigenvalue weighted by Gasteiger charge is -2.30. The molecule has 0 radical (unpaired) electrons. The van der Waals surface area contributed by atoms with Gasteiger partial charge < -0.3 is 15.5 Å². The smallest absolute Gasteiger partial charge is 0.251 e. The molecule has 2 N–H and O–H groups in total. The summed E-state index contributed by atoms with van der Waals surface area (Å²) in [6.07, 6.45) is 3.64. The SMILES string of the molecule is Cc1cc(N(C)C)nc(N[C@H]2CC[C@@H](NC(=O)c3ccc(F)cc3)CC2)n1. The van der Waals surface area contributed by atoms with Gasteiger partial charge in [-0.05, 0) is 56.9 Å². The quantitative estimate of drug-likeness (QED) is 0.845. The van der Waals surface area contributed by atoms with Crippen molar-refractivity contribution in [3.63, 3.8) is 0 Å². The van der Waals surface area contributed by atoms with Gasteiger partial charge in [0.05, 0.1) is 0 Å². The van der Waals surface area contributed by atoms with Gasteiger partial charge in [-0.1, -0.05) is 0 Å². The van der Waals surface area contributed by atoms with Crippen molar-refractivity contribution in [1.29, 1.82) is 0 Å². The Morgan fingerprint density at radius 3 is 2.33 bits per heavy atom. The second-order valence-electron chi connectivity index (χ2n) is 7.26. The summed E-state index contributed by atoms with van der Waals surface area (Å²) in [5.74, 6) is 1.04. The minimum absolute atomic E-state index is 0.136. The normalized spacial score (nSPS) is 19.4. The van der Waals surface area contributed by atoms with Crippen molar-refractivity contribution in [2.24, 2.45) is 0 Å². The van der Waals surface area contributed by atoms with Crippen LogP contribution in [0.3, 0.4) is 0 Å². The summed E-state index contributed by atoms with van der Waals surface area (Å²) < 4.78 is 13.0. The highest BCUT2D eigenvalue weighted by Gasteiger charge is 2.23. The molecular formula is C20H26FN5O. The fraction of sp³-hybridized carbons (Fsp3) is 0.450. The third kappa shape index (κ3) is 5.15. The first-order valence-corrected chi connectivity index (χ1v) is 9.26. The number of benzene rings is 1. The molecule has 1 aliphatic carbocycles. The highest BCUT2D eigenvalue weighted by atomic mass is 19.1. The number of carbonyl (C=O) groups excluding carboxylic acids is 1. The van der Waals surface area contributed by atoms with Crippen molar-refractivity contribution >= 4 is 17.7 Å². The van der Waals surface area contributed by atoms with Gasteiger partial charge in [0.25, 0.3) is 5.91 Å². The van der Waals surface area contributed by atoms with E-state index in [1.807, 2.05) is 32.0 Å². The lowest BCUT2D eigenvalue weighted by molar-refractivity contribution is 0.0926. The topological polar surface area (TPSA) is 70.2 Å². The van der Waals surface area contributed by atoms with Gasteiger partial charge in [0, 0.05) is 43.5 Å². The molecule has 3 rings (SSSR count). The Morgan fingerprint density at radius 1 is 1.07 bits per heavy atom. The second-order valence-corrected chi connectivity index (χ2v) is 7.26. The fourth-order valence-electron chi connectivity index (χ4n) is 3.28. The number of halogens is 1. The molecule has 1 fully saturated rings. The number of hydrogen-bond donors (Lipinski definition) is 2. The van der Waals surface area contributed by atoms with Crippen molar-refractivity contribution in [3.8, 4) is 0 Å². The lowest BCUT2D eigenvalue weighted by atomic mass is 9.91. The van der Waals surface area contributed by atoms with Crippen LogP contribution in [0, 0.1) is 12.7 Å². The molecule has 144 valence electrons. The molecule has 0 bridgehead atoms. The second kappa shape index (κ2) is 8.33. The first-order valence-electron chi connectivity index (χ1n) is 9.26. The summed E-state index contributed by atoms with van der Waals surface area (Å²) >= 11 is 0. The maximum absolute atomic E-state index is 13.0. The molecular weight excluding hydrogens is 345 g/mol. The minimum atomic E-state index is -0.339. The van der Waals surface area contributed by atoms with E-state index in [0.29, 0.717) is 17.6 Å². The van der Waals surface area contributed by atoms with Crippen LogP contribution in [-0.4, -0.2) is 42.1 Å². The summed E-state index contributed by atoms with van der Waals surface area (Å²) in [7, 11) is 3.92. The van der Waals surface area contributed by atoms with Gasteiger partial charge in [0.15, 0.2) is 0 Å². The van der Waals surface area contributed by atoms with Crippen LogP contribution in [-0.2, 0) is 0 Å². The van der Waals surface area contributed by atoms with Crippen molar-refractivity contribution in [1.82, 2.24) is 15.3 Å². The predicted molar refractivity (Wildman–Crippen MR) is 105 cm³/mol. The summed E-state index contributed by atoms with van der Waals surface area (Å²) in [5.41, 5.74) is 1.41. The first-order chi connectivity index (χ1) is 12.9. The zero-order valence-electron chi connectivity index (χ0n) is 16.0. The average Bonchev–Trinajstić information content (AvgIpc) is 2.63. The highest BCUT2D eigenvalue weighted by molar-refractivity contribution is 5.94. The molecule has 1 heterocycles. The van der Waals surface area contributed by atoms with Crippen LogP contribution >= 0.6 is 0 Å². The monoisotopic (exact) mass is 371 g/mol. The molecule has 1 aromatic heterocycles. The number of nitrogens with one attached hydrogen (secondary N) is 2. The summed E-state index contributed by atoms with van der Waals surface area (Å²) in [6.45, 7) is 1.96. The van der Waals surface area contributed by atoms with Crippen molar-refractivity contribution in [3.05, 3.63) is 47.4 Å². The molecule has 7 heteroatoms. The molecule has 0 atom stereocenters. The van der Waals surface area contributed by atoms with Crippen molar-refractivity contribution < 1.29 is 9.18 Å². The standard InChI is InChI=1S/C20H26FN5O/c1-13-12-18(26(2)3)25-20(22-13)24-17-10-8-16(9-11-17)23-19(27)14-4-6-15(21)7-5-14/h4-7,12,16-17H,8-11H2,1-3H3,(H,23,27)(H,22,24,25)/t16-,17+. The maximum Gasteiger partial charge on any atom is 0.251 e. The molecule has 27 heavy (non-hydrogen) atoms. The Bertz CT molecular complexity index is 785. The van der Waals surface area contributed by atoms with Gasteiger partial charge in [-0.25, -0.2) is 9.37 Å². The van der Waals surface area contributed by atoms with Crippen LogP contribution in [0.25, 0.3) is 0 Å². The summed E-state index contributed by atoms with van der Waals surface area (Å²) in [4.78, 5) is 23.2. The van der Waals surface area contributed by atoms with Crippen molar-refractivity contribution in [2.75, 3.05) is 24.3 Å². The van der Waals surface area contributed by atoms with Crippen LogP contribution in [0.15, 0.2) is 30.3 Å². The number of anilines is 2. The van der Waals surface area contributed by atoms with E-state index < -0.39 is 0 Å². The van der Waals surface area contributed by atoms with E-state index in [9.17, 15) is 9.18 Å². The number of rotatable bonds is 5. The maximum atomic E-state index is 13.0. The predicted octanol–water partition coefficient (Wildman–Crippen LogP) is 3.14. The number of aryl methyl sites for hydroxylation is 1.